The molecule has 3 rings (SSSR count). The molecule has 2 aliphatic rings. The Morgan fingerprint density at radius 3 is 2.36 bits per heavy atom. The molecule has 1 saturated carbocycles. The number of halogens is 3. The first-order valence-electron chi connectivity index (χ1n) is 8.15. The molecule has 0 atom stereocenters. The summed E-state index contributed by atoms with van der Waals surface area (Å²) in [5.41, 5.74) is -4.91. The zero-order valence-electron chi connectivity index (χ0n) is 13.9. The van der Waals surface area contributed by atoms with E-state index in [0.29, 0.717) is 29.9 Å². The van der Waals surface area contributed by atoms with E-state index >= 15 is 0 Å². The number of aryl methyl sites for hydroxylation is 1. The molecule has 0 aliphatic heterocycles. The molecule has 4 nitrogen and oxygen atoms in total. The van der Waals surface area contributed by atoms with Crippen molar-refractivity contribution < 1.29 is 30.6 Å². The van der Waals surface area contributed by atoms with Crippen LogP contribution in [-0.2, 0) is 16.5 Å². The van der Waals surface area contributed by atoms with E-state index in [1.807, 2.05) is 0 Å². The van der Waals surface area contributed by atoms with Gasteiger partial charge in [-0.05, 0) is 56.6 Å². The smallest absolute Gasteiger partial charge is 0.376 e. The first-order valence-corrected chi connectivity index (χ1v) is 9.56. The maximum atomic E-state index is 13.0. The molecule has 25 heavy (non-hydrogen) atoms. The van der Waals surface area contributed by atoms with Crippen LogP contribution in [0, 0.1) is 18.3 Å². The van der Waals surface area contributed by atoms with Crippen LogP contribution in [0.25, 0.3) is 0 Å². The van der Waals surface area contributed by atoms with Gasteiger partial charge in [-0.1, -0.05) is 13.0 Å². The number of carbonyl (C=O) groups is 1. The summed E-state index contributed by atoms with van der Waals surface area (Å²) in [6, 6.07) is 2.64. The molecule has 1 spiro atoms. The van der Waals surface area contributed by atoms with Crippen molar-refractivity contribution in [1.82, 2.24) is 0 Å². The van der Waals surface area contributed by atoms with Crippen LogP contribution in [0.1, 0.15) is 54.1 Å². The zero-order valence-corrected chi connectivity index (χ0v) is 14.8. The highest BCUT2D eigenvalue weighted by molar-refractivity contribution is 7.88. The standard InChI is InChI=1S/C17H19F3O4S/c1-10-5-7-16(8-6-10)9-12-13(24-25(22,23)17(18,19)20)4-3-11(2)14(12)15(16)21/h3-4,10H,5-9H2,1-2H3. The highest BCUT2D eigenvalue weighted by atomic mass is 32.2. The minimum absolute atomic E-state index is 0.0956. The van der Waals surface area contributed by atoms with Crippen molar-refractivity contribution in [1.29, 1.82) is 0 Å². The van der Waals surface area contributed by atoms with Crippen LogP contribution in [0.4, 0.5) is 13.2 Å². The quantitative estimate of drug-likeness (QED) is 0.574. The Hall–Kier alpha value is -1.57. The van der Waals surface area contributed by atoms with Gasteiger partial charge >= 0.3 is 15.6 Å². The van der Waals surface area contributed by atoms with E-state index in [9.17, 15) is 26.4 Å². The van der Waals surface area contributed by atoms with Crippen LogP contribution in [0.3, 0.4) is 0 Å². The van der Waals surface area contributed by atoms with Gasteiger partial charge in [0.2, 0.25) is 0 Å². The molecule has 0 aromatic heterocycles. The summed E-state index contributed by atoms with van der Waals surface area (Å²) in [5, 5.41) is 0. The number of ketones is 1. The molecule has 138 valence electrons. The van der Waals surface area contributed by atoms with Gasteiger partial charge < -0.3 is 4.18 Å². The van der Waals surface area contributed by atoms with Gasteiger partial charge in [0.15, 0.2) is 5.78 Å². The van der Waals surface area contributed by atoms with Crippen molar-refractivity contribution in [2.24, 2.45) is 11.3 Å². The van der Waals surface area contributed by atoms with Crippen LogP contribution in [0.15, 0.2) is 12.1 Å². The molecule has 0 heterocycles. The number of hydrogen-bond donors (Lipinski definition) is 0. The fraction of sp³-hybridized carbons (Fsp3) is 0.588. The predicted molar refractivity (Wildman–Crippen MR) is 84.9 cm³/mol. The maximum absolute atomic E-state index is 13.0. The van der Waals surface area contributed by atoms with E-state index in [1.54, 1.807) is 6.92 Å². The second kappa shape index (κ2) is 5.72. The van der Waals surface area contributed by atoms with Gasteiger partial charge in [0, 0.05) is 16.5 Å². The van der Waals surface area contributed by atoms with Crippen LogP contribution in [0.5, 0.6) is 5.75 Å². The Bertz CT molecular complexity index is 819. The third kappa shape index (κ3) is 2.94. The topological polar surface area (TPSA) is 60.4 Å². The predicted octanol–water partition coefficient (Wildman–Crippen LogP) is 4.16. The average molecular weight is 376 g/mol. The molecule has 0 unspecified atom stereocenters. The fourth-order valence-electron chi connectivity index (χ4n) is 3.88. The highest BCUT2D eigenvalue weighted by Gasteiger charge is 2.51. The summed E-state index contributed by atoms with van der Waals surface area (Å²) in [5.74, 6) is 0.0214. The van der Waals surface area contributed by atoms with Gasteiger partial charge in [-0.3, -0.25) is 4.79 Å². The minimum atomic E-state index is -5.77. The fourth-order valence-corrected chi connectivity index (χ4v) is 4.37. The first kappa shape index (κ1) is 18.2. The monoisotopic (exact) mass is 376 g/mol. The Labute approximate surface area is 144 Å². The Morgan fingerprint density at radius 1 is 1.20 bits per heavy atom. The van der Waals surface area contributed by atoms with Crippen molar-refractivity contribution >= 4 is 15.9 Å². The lowest BCUT2D eigenvalue weighted by atomic mass is 9.68. The molecule has 1 aromatic rings. The summed E-state index contributed by atoms with van der Waals surface area (Å²) in [4.78, 5) is 13.0. The van der Waals surface area contributed by atoms with Gasteiger partial charge in [-0.15, -0.1) is 0 Å². The van der Waals surface area contributed by atoms with Crippen LogP contribution in [0.2, 0.25) is 0 Å². The number of benzene rings is 1. The molecule has 0 amide bonds. The summed E-state index contributed by atoms with van der Waals surface area (Å²) < 4.78 is 65.0. The number of alkyl halides is 3. The third-order valence-electron chi connectivity index (χ3n) is 5.42. The van der Waals surface area contributed by atoms with Crippen molar-refractivity contribution in [3.8, 4) is 5.75 Å². The van der Waals surface area contributed by atoms with E-state index in [-0.39, 0.29) is 23.5 Å². The van der Waals surface area contributed by atoms with E-state index in [1.165, 1.54) is 12.1 Å². The molecular weight excluding hydrogens is 357 g/mol. The molecule has 0 saturated heterocycles. The van der Waals surface area contributed by atoms with E-state index in [2.05, 4.69) is 11.1 Å². The molecule has 0 N–H and O–H groups in total. The first-order chi connectivity index (χ1) is 11.5. The summed E-state index contributed by atoms with van der Waals surface area (Å²) in [6.07, 6.45) is 3.29. The van der Waals surface area contributed by atoms with Crippen molar-refractivity contribution in [3.05, 3.63) is 28.8 Å². The van der Waals surface area contributed by atoms with Gasteiger partial charge in [-0.25, -0.2) is 0 Å². The summed E-state index contributed by atoms with van der Waals surface area (Å²) >= 11 is 0. The van der Waals surface area contributed by atoms with Gasteiger partial charge in [0.05, 0.1) is 0 Å². The molecule has 0 bridgehead atoms. The molecule has 1 aromatic carbocycles. The minimum Gasteiger partial charge on any atom is -0.376 e. The largest absolute Gasteiger partial charge is 0.534 e. The van der Waals surface area contributed by atoms with Crippen molar-refractivity contribution in [2.75, 3.05) is 0 Å². The second-order valence-electron chi connectivity index (χ2n) is 7.19. The summed E-state index contributed by atoms with van der Waals surface area (Å²) in [7, 11) is -5.77. The van der Waals surface area contributed by atoms with Gasteiger partial charge in [-0.2, -0.15) is 21.6 Å². The van der Waals surface area contributed by atoms with E-state index < -0.39 is 21.0 Å². The Balaban J connectivity index is 2.02. The molecular formula is C17H19F3O4S. The third-order valence-corrected chi connectivity index (χ3v) is 6.38. The number of hydrogen-bond acceptors (Lipinski definition) is 4. The van der Waals surface area contributed by atoms with Crippen molar-refractivity contribution in [3.63, 3.8) is 0 Å². The normalized spacial score (nSPS) is 26.8. The van der Waals surface area contributed by atoms with Crippen LogP contribution < -0.4 is 4.18 Å². The zero-order chi connectivity index (χ0) is 18.6. The number of fused-ring (bicyclic) bond motifs is 1. The number of Topliss-reactive ketones (excluding diaryl/α,β-unsaturated/α-hetero) is 1. The van der Waals surface area contributed by atoms with E-state index in [0.717, 1.165) is 12.8 Å². The van der Waals surface area contributed by atoms with Crippen LogP contribution in [-0.4, -0.2) is 19.7 Å². The van der Waals surface area contributed by atoms with Crippen molar-refractivity contribution in [2.45, 2.75) is 51.5 Å². The second-order valence-corrected chi connectivity index (χ2v) is 8.72. The maximum Gasteiger partial charge on any atom is 0.534 e. The van der Waals surface area contributed by atoms with Crippen LogP contribution >= 0.6 is 0 Å². The molecule has 0 radical (unpaired) electrons. The molecule has 1 fully saturated rings. The lowest BCUT2D eigenvalue weighted by molar-refractivity contribution is -0.0500. The summed E-state index contributed by atoms with van der Waals surface area (Å²) in [6.45, 7) is 3.80. The molecule has 2 aliphatic carbocycles. The highest BCUT2D eigenvalue weighted by Crippen LogP contribution is 2.51. The molecule has 8 heteroatoms. The Morgan fingerprint density at radius 2 is 1.80 bits per heavy atom. The lowest BCUT2D eigenvalue weighted by Gasteiger charge is -2.34. The number of rotatable bonds is 2. The lowest BCUT2D eigenvalue weighted by Crippen LogP contribution is -2.32. The SMILES string of the molecule is Cc1ccc(OS(=O)(=O)C(F)(F)F)c2c1C(=O)C1(CCC(C)CC1)C2. The Kier molecular flexibility index (Phi) is 4.17. The number of carbonyl (C=O) groups excluding carboxylic acids is 1. The van der Waals surface area contributed by atoms with Gasteiger partial charge in [0.1, 0.15) is 5.75 Å². The average Bonchev–Trinajstić information content (AvgIpc) is 2.79. The van der Waals surface area contributed by atoms with E-state index in [4.69, 9.17) is 0 Å². The van der Waals surface area contributed by atoms with Gasteiger partial charge in [0.25, 0.3) is 0 Å².